The number of methoxy groups -OCH3 is 1. The average molecular weight is 399 g/mol. The first-order valence-corrected chi connectivity index (χ1v) is 10.3. The van der Waals surface area contributed by atoms with Crippen LogP contribution in [0, 0.1) is 0 Å². The van der Waals surface area contributed by atoms with Crippen LogP contribution < -0.4 is 4.74 Å². The average Bonchev–Trinajstić information content (AvgIpc) is 2.57. The summed E-state index contributed by atoms with van der Waals surface area (Å²) in [7, 11) is 1.66. The molecule has 0 spiro atoms. The van der Waals surface area contributed by atoms with Crippen molar-refractivity contribution in [1.29, 1.82) is 0 Å². The molecule has 29 heavy (non-hydrogen) atoms. The van der Waals surface area contributed by atoms with Gasteiger partial charge in [0.1, 0.15) is 17.6 Å². The van der Waals surface area contributed by atoms with Gasteiger partial charge in [-0.1, -0.05) is 59.7 Å². The van der Waals surface area contributed by atoms with Crippen LogP contribution in [0.3, 0.4) is 0 Å². The van der Waals surface area contributed by atoms with Gasteiger partial charge in [-0.15, -0.1) is 0 Å². The third-order valence-corrected chi connectivity index (χ3v) is 4.99. The molecule has 0 heterocycles. The van der Waals surface area contributed by atoms with Gasteiger partial charge in [-0.05, 0) is 66.5 Å². The van der Waals surface area contributed by atoms with E-state index in [0.717, 1.165) is 22.4 Å². The van der Waals surface area contributed by atoms with Gasteiger partial charge in [0.2, 0.25) is 0 Å². The summed E-state index contributed by atoms with van der Waals surface area (Å²) < 4.78 is 11.8. The molecule has 3 nitrogen and oxygen atoms in total. The lowest BCUT2D eigenvalue weighted by molar-refractivity contribution is -0.0437. The third kappa shape index (κ3) is 5.76. The first kappa shape index (κ1) is 23.3. The van der Waals surface area contributed by atoms with E-state index in [1.54, 1.807) is 7.11 Å². The zero-order chi connectivity index (χ0) is 22.2. The maximum atomic E-state index is 11.3. The Hall–Kier alpha value is -2.00. The van der Waals surface area contributed by atoms with Crippen LogP contribution in [0.4, 0.5) is 0 Å². The molecule has 160 valence electrons. The van der Waals surface area contributed by atoms with Crippen LogP contribution in [0.2, 0.25) is 0 Å². The van der Waals surface area contributed by atoms with Crippen LogP contribution in [0.1, 0.15) is 90.7 Å². The highest BCUT2D eigenvalue weighted by Crippen LogP contribution is 2.43. The summed E-state index contributed by atoms with van der Waals surface area (Å²) in [6.45, 7) is 19.1. The maximum absolute atomic E-state index is 11.3. The number of benzene rings is 2. The summed E-state index contributed by atoms with van der Waals surface area (Å²) in [6, 6.07) is 12.1. The smallest absolute Gasteiger partial charge is 0.125 e. The van der Waals surface area contributed by atoms with Gasteiger partial charge in [-0.3, -0.25) is 0 Å². The van der Waals surface area contributed by atoms with E-state index >= 15 is 0 Å². The lowest BCUT2D eigenvalue weighted by atomic mass is 9.78. The van der Waals surface area contributed by atoms with Gasteiger partial charge >= 0.3 is 0 Å². The predicted octanol–water partition coefficient (Wildman–Crippen LogP) is 6.90. The molecule has 0 aliphatic carbocycles. The first-order chi connectivity index (χ1) is 13.1. The Morgan fingerprint density at radius 1 is 0.793 bits per heavy atom. The predicted molar refractivity (Wildman–Crippen MR) is 121 cm³/mol. The molecule has 0 radical (unpaired) electrons. The van der Waals surface area contributed by atoms with Crippen molar-refractivity contribution in [1.82, 2.24) is 0 Å². The zero-order valence-corrected chi connectivity index (χ0v) is 19.8. The summed E-state index contributed by atoms with van der Waals surface area (Å²) in [5.74, 6) is 1.11. The van der Waals surface area contributed by atoms with Gasteiger partial charge in [-0.2, -0.15) is 0 Å². The van der Waals surface area contributed by atoms with Crippen LogP contribution in [0.25, 0.3) is 0 Å². The Labute approximate surface area is 177 Å². The Bertz CT molecular complexity index is 828. The molecule has 0 saturated heterocycles. The third-order valence-electron chi connectivity index (χ3n) is 4.99. The SMILES string of the molecule is COc1ccc([C@@H](OC(C)(C)C)c2cc(C(C)(C)C)cc(C(C)(C)C)c2O)cc1. The Kier molecular flexibility index (Phi) is 6.44. The van der Waals surface area contributed by atoms with E-state index in [0.29, 0.717) is 5.75 Å². The van der Waals surface area contributed by atoms with Gasteiger partial charge in [0.15, 0.2) is 0 Å². The number of hydrogen-bond donors (Lipinski definition) is 1. The quantitative estimate of drug-likeness (QED) is 0.609. The van der Waals surface area contributed by atoms with E-state index in [1.807, 2.05) is 45.0 Å². The van der Waals surface area contributed by atoms with E-state index in [9.17, 15) is 5.11 Å². The molecule has 0 bridgehead atoms. The minimum atomic E-state index is -0.385. The van der Waals surface area contributed by atoms with Crippen LogP contribution in [-0.2, 0) is 15.6 Å². The van der Waals surface area contributed by atoms with Gasteiger partial charge < -0.3 is 14.6 Å². The minimum absolute atomic E-state index is 0.0470. The Morgan fingerprint density at radius 2 is 1.34 bits per heavy atom. The highest BCUT2D eigenvalue weighted by molar-refractivity contribution is 5.52. The monoisotopic (exact) mass is 398 g/mol. The summed E-state index contributed by atoms with van der Waals surface area (Å²) in [6.07, 6.45) is -0.385. The fraction of sp³-hybridized carbons (Fsp3) is 0.538. The molecule has 1 N–H and O–H groups in total. The highest BCUT2D eigenvalue weighted by atomic mass is 16.5. The highest BCUT2D eigenvalue weighted by Gasteiger charge is 2.31. The minimum Gasteiger partial charge on any atom is -0.507 e. The molecule has 0 aliphatic rings. The first-order valence-electron chi connectivity index (χ1n) is 10.3. The van der Waals surface area contributed by atoms with Crippen molar-refractivity contribution in [3.8, 4) is 11.5 Å². The maximum Gasteiger partial charge on any atom is 0.125 e. The summed E-state index contributed by atoms with van der Waals surface area (Å²) >= 11 is 0. The molecule has 0 fully saturated rings. The molecular formula is C26H38O3. The largest absolute Gasteiger partial charge is 0.507 e. The number of ether oxygens (including phenoxy) is 2. The van der Waals surface area contributed by atoms with E-state index < -0.39 is 0 Å². The topological polar surface area (TPSA) is 38.7 Å². The van der Waals surface area contributed by atoms with Gasteiger partial charge in [0, 0.05) is 5.56 Å². The molecular weight excluding hydrogens is 360 g/mol. The van der Waals surface area contributed by atoms with Crippen molar-refractivity contribution < 1.29 is 14.6 Å². The standard InChI is InChI=1S/C26H38O3/c1-24(2,3)18-15-20(22(27)21(16-18)25(4,5)6)23(29-26(7,8)9)17-11-13-19(28-10)14-12-17/h11-16,23,27H,1-10H3/t23-/m1/s1. The van der Waals surface area contributed by atoms with Crippen molar-refractivity contribution >= 4 is 0 Å². The van der Waals surface area contributed by atoms with E-state index in [2.05, 4.69) is 53.7 Å². The second-order valence-electron chi connectivity index (χ2n) is 10.8. The normalized spacial score (nSPS) is 14.0. The number of aromatic hydroxyl groups is 1. The van der Waals surface area contributed by atoms with Crippen molar-refractivity contribution in [2.24, 2.45) is 0 Å². The molecule has 2 aromatic carbocycles. The summed E-state index contributed by atoms with van der Waals surface area (Å²) in [4.78, 5) is 0. The van der Waals surface area contributed by atoms with Crippen molar-refractivity contribution in [2.75, 3.05) is 7.11 Å². The molecule has 0 amide bonds. The number of rotatable bonds is 4. The molecule has 0 unspecified atom stereocenters. The fourth-order valence-electron chi connectivity index (χ4n) is 3.30. The van der Waals surface area contributed by atoms with Crippen molar-refractivity contribution in [2.45, 2.75) is 84.8 Å². The molecule has 2 aromatic rings. The number of hydrogen-bond acceptors (Lipinski definition) is 3. The fourth-order valence-corrected chi connectivity index (χ4v) is 3.30. The lowest BCUT2D eigenvalue weighted by Gasteiger charge is -2.33. The number of phenols is 1. The van der Waals surface area contributed by atoms with Crippen LogP contribution >= 0.6 is 0 Å². The van der Waals surface area contributed by atoms with Crippen LogP contribution in [0.15, 0.2) is 36.4 Å². The molecule has 2 rings (SSSR count). The van der Waals surface area contributed by atoms with E-state index in [1.165, 1.54) is 5.56 Å². The number of phenolic OH excluding ortho intramolecular Hbond substituents is 1. The van der Waals surface area contributed by atoms with Crippen LogP contribution in [-0.4, -0.2) is 17.8 Å². The summed E-state index contributed by atoms with van der Waals surface area (Å²) in [5, 5.41) is 11.3. The van der Waals surface area contributed by atoms with Gasteiger partial charge in [-0.25, -0.2) is 0 Å². The van der Waals surface area contributed by atoms with Crippen molar-refractivity contribution in [3.63, 3.8) is 0 Å². The Balaban J connectivity index is 2.77. The van der Waals surface area contributed by atoms with E-state index in [4.69, 9.17) is 9.47 Å². The Morgan fingerprint density at radius 3 is 1.76 bits per heavy atom. The molecule has 0 saturated carbocycles. The second kappa shape index (κ2) is 8.02. The van der Waals surface area contributed by atoms with E-state index in [-0.39, 0.29) is 22.5 Å². The zero-order valence-electron chi connectivity index (χ0n) is 19.8. The summed E-state index contributed by atoms with van der Waals surface area (Å²) in [5.41, 5.74) is 3.31. The molecule has 0 aliphatic heterocycles. The molecule has 1 atom stereocenters. The van der Waals surface area contributed by atoms with Crippen LogP contribution in [0.5, 0.6) is 11.5 Å². The van der Waals surface area contributed by atoms with Crippen molar-refractivity contribution in [3.05, 3.63) is 58.7 Å². The lowest BCUT2D eigenvalue weighted by Crippen LogP contribution is -2.25. The van der Waals surface area contributed by atoms with Gasteiger partial charge in [0.05, 0.1) is 12.7 Å². The van der Waals surface area contributed by atoms with Gasteiger partial charge in [0.25, 0.3) is 0 Å². The second-order valence-corrected chi connectivity index (χ2v) is 10.8. The molecule has 0 aromatic heterocycles. The molecule has 3 heteroatoms.